The number of hydrogen-bond donors (Lipinski definition) is 3. The Labute approximate surface area is 170 Å². The molecule has 2 heterocycles. The molecular weight excluding hydrogens is 388 g/mol. The van der Waals surface area contributed by atoms with Gasteiger partial charge >= 0.3 is 0 Å². The second kappa shape index (κ2) is 7.21. The van der Waals surface area contributed by atoms with E-state index in [0.717, 1.165) is 10.6 Å². The van der Waals surface area contributed by atoms with Crippen LogP contribution in [-0.4, -0.2) is 29.4 Å². The molecular formula is C21H16N4O5. The number of nitrogen functional groups attached to an aromatic ring is 1. The van der Waals surface area contributed by atoms with E-state index in [4.69, 9.17) is 10.5 Å². The van der Waals surface area contributed by atoms with E-state index < -0.39 is 23.3 Å². The summed E-state index contributed by atoms with van der Waals surface area (Å²) in [5.74, 6) is -1.26. The minimum atomic E-state index is -0.672. The van der Waals surface area contributed by atoms with E-state index in [1.807, 2.05) is 0 Å². The van der Waals surface area contributed by atoms with Gasteiger partial charge in [-0.2, -0.15) is 0 Å². The summed E-state index contributed by atoms with van der Waals surface area (Å²) in [4.78, 5) is 49.0. The summed E-state index contributed by atoms with van der Waals surface area (Å²) in [5.41, 5.74) is 6.44. The average molecular weight is 404 g/mol. The van der Waals surface area contributed by atoms with E-state index in [9.17, 15) is 19.2 Å². The molecule has 4 N–H and O–H groups in total. The maximum absolute atomic E-state index is 12.6. The molecule has 9 heteroatoms. The summed E-state index contributed by atoms with van der Waals surface area (Å²) >= 11 is 0. The summed E-state index contributed by atoms with van der Waals surface area (Å²) in [7, 11) is 1.55. The van der Waals surface area contributed by atoms with Crippen LogP contribution in [0.1, 0.15) is 31.1 Å². The first-order chi connectivity index (χ1) is 14.4. The third kappa shape index (κ3) is 3.18. The molecule has 0 bridgehead atoms. The van der Waals surface area contributed by atoms with Gasteiger partial charge in [0, 0.05) is 17.3 Å². The molecule has 150 valence electrons. The predicted molar refractivity (Wildman–Crippen MR) is 109 cm³/mol. The first kappa shape index (κ1) is 18.9. The second-order valence-electron chi connectivity index (χ2n) is 6.51. The first-order valence-electron chi connectivity index (χ1n) is 8.86. The van der Waals surface area contributed by atoms with Crippen molar-refractivity contribution < 1.29 is 19.1 Å². The molecule has 2 aromatic carbocycles. The van der Waals surface area contributed by atoms with Crippen LogP contribution in [-0.2, 0) is 0 Å². The van der Waals surface area contributed by atoms with Crippen molar-refractivity contribution in [2.75, 3.05) is 18.2 Å². The zero-order chi connectivity index (χ0) is 21.4. The van der Waals surface area contributed by atoms with Gasteiger partial charge in [0.05, 0.1) is 23.9 Å². The van der Waals surface area contributed by atoms with Crippen LogP contribution in [0, 0.1) is 0 Å². The molecule has 0 saturated heterocycles. The number of nitrogens with zero attached hydrogens (tertiary/aromatic N) is 1. The van der Waals surface area contributed by atoms with Crippen molar-refractivity contribution in [3.8, 4) is 11.4 Å². The van der Waals surface area contributed by atoms with Crippen LogP contribution in [0.2, 0.25) is 0 Å². The lowest BCUT2D eigenvalue weighted by Gasteiger charge is -2.13. The number of carbonyl (C=O) groups excluding carboxylic acids is 3. The lowest BCUT2D eigenvalue weighted by Crippen LogP contribution is -2.24. The van der Waals surface area contributed by atoms with Gasteiger partial charge in [0.1, 0.15) is 11.6 Å². The minimum absolute atomic E-state index is 0.0623. The Morgan fingerprint density at radius 2 is 1.77 bits per heavy atom. The smallest absolute Gasteiger partial charge is 0.262 e. The highest BCUT2D eigenvalue weighted by Crippen LogP contribution is 2.23. The van der Waals surface area contributed by atoms with Crippen molar-refractivity contribution in [3.63, 3.8) is 0 Å². The topological polar surface area (TPSA) is 133 Å². The van der Waals surface area contributed by atoms with Crippen molar-refractivity contribution in [1.29, 1.82) is 0 Å². The second-order valence-corrected chi connectivity index (χ2v) is 6.51. The van der Waals surface area contributed by atoms with Crippen molar-refractivity contribution >= 4 is 29.2 Å². The highest BCUT2D eigenvalue weighted by Gasteiger charge is 2.31. The van der Waals surface area contributed by atoms with Crippen LogP contribution >= 0.6 is 0 Å². The molecule has 9 nitrogen and oxygen atoms in total. The van der Waals surface area contributed by atoms with Gasteiger partial charge in [-0.05, 0) is 42.5 Å². The predicted octanol–water partition coefficient (Wildman–Crippen LogP) is 1.56. The molecule has 30 heavy (non-hydrogen) atoms. The highest BCUT2D eigenvalue weighted by atomic mass is 16.5. The molecule has 0 unspecified atom stereocenters. The monoisotopic (exact) mass is 404 g/mol. The zero-order valence-corrected chi connectivity index (χ0v) is 15.8. The van der Waals surface area contributed by atoms with Gasteiger partial charge in [0.25, 0.3) is 23.3 Å². The molecule has 0 radical (unpaired) electrons. The summed E-state index contributed by atoms with van der Waals surface area (Å²) in [6.07, 6.45) is 0. The summed E-state index contributed by atoms with van der Waals surface area (Å²) in [6, 6.07) is 14.1. The Kier molecular flexibility index (Phi) is 4.55. The van der Waals surface area contributed by atoms with Crippen molar-refractivity contribution in [2.24, 2.45) is 0 Å². The lowest BCUT2D eigenvalue weighted by atomic mass is 10.1. The summed E-state index contributed by atoms with van der Waals surface area (Å²) in [5, 5.41) is 4.86. The largest absolute Gasteiger partial charge is 0.497 e. The molecule has 0 spiro atoms. The van der Waals surface area contributed by atoms with Gasteiger partial charge in [0.2, 0.25) is 0 Å². The number of aromatic nitrogens is 1. The van der Waals surface area contributed by atoms with Crippen LogP contribution in [0.4, 0.5) is 11.5 Å². The number of hydrogen-bond acceptors (Lipinski definition) is 6. The van der Waals surface area contributed by atoms with E-state index in [-0.39, 0.29) is 28.2 Å². The Bertz CT molecular complexity index is 1260. The number of anilines is 2. The van der Waals surface area contributed by atoms with E-state index in [1.54, 1.807) is 49.6 Å². The molecule has 0 saturated carbocycles. The molecule has 0 aliphatic carbocycles. The van der Waals surface area contributed by atoms with E-state index >= 15 is 0 Å². The summed E-state index contributed by atoms with van der Waals surface area (Å²) in [6.45, 7) is 0. The van der Waals surface area contributed by atoms with Crippen LogP contribution in [0.25, 0.3) is 5.69 Å². The molecule has 1 aliphatic heterocycles. The molecule has 3 aromatic rings. The van der Waals surface area contributed by atoms with Crippen molar-refractivity contribution in [2.45, 2.75) is 0 Å². The van der Waals surface area contributed by atoms with Gasteiger partial charge in [-0.15, -0.1) is 0 Å². The first-order valence-corrected chi connectivity index (χ1v) is 8.86. The van der Waals surface area contributed by atoms with Gasteiger partial charge in [-0.3, -0.25) is 29.1 Å². The standard InChI is InChI=1S/C21H16N4O5/c1-30-14-7-5-12(6-8-14)23-19(27)11-3-2-4-13(9-11)25-16(26)10-15-17(18(25)22)21(29)24-20(15)28/h2-10H,22H2,1H3,(H,23,27)(H,24,28,29). The number of rotatable bonds is 4. The van der Waals surface area contributed by atoms with E-state index in [1.165, 1.54) is 6.07 Å². The van der Waals surface area contributed by atoms with Crippen LogP contribution in [0.5, 0.6) is 5.75 Å². The third-order valence-corrected chi connectivity index (χ3v) is 4.67. The van der Waals surface area contributed by atoms with Crippen molar-refractivity contribution in [3.05, 3.63) is 81.6 Å². The van der Waals surface area contributed by atoms with Gasteiger partial charge in [-0.25, -0.2) is 0 Å². The van der Waals surface area contributed by atoms with Crippen LogP contribution < -0.4 is 26.7 Å². The zero-order valence-electron chi connectivity index (χ0n) is 15.8. The fourth-order valence-electron chi connectivity index (χ4n) is 3.21. The average Bonchev–Trinajstić information content (AvgIpc) is 3.02. The normalized spacial score (nSPS) is 12.3. The van der Waals surface area contributed by atoms with Gasteiger partial charge < -0.3 is 15.8 Å². The quantitative estimate of drug-likeness (QED) is 0.566. The Balaban J connectivity index is 1.69. The number of amides is 3. The van der Waals surface area contributed by atoms with Crippen molar-refractivity contribution in [1.82, 2.24) is 9.88 Å². The number of ether oxygens (including phenoxy) is 1. The molecule has 0 fully saturated rings. The number of benzene rings is 2. The maximum Gasteiger partial charge on any atom is 0.262 e. The Morgan fingerprint density at radius 3 is 2.47 bits per heavy atom. The number of methoxy groups -OCH3 is 1. The third-order valence-electron chi connectivity index (χ3n) is 4.67. The van der Waals surface area contributed by atoms with Crippen LogP contribution in [0.3, 0.4) is 0 Å². The maximum atomic E-state index is 12.6. The molecule has 1 aliphatic rings. The Morgan fingerprint density at radius 1 is 1.03 bits per heavy atom. The number of carbonyl (C=O) groups is 3. The lowest BCUT2D eigenvalue weighted by molar-refractivity contribution is 0.0879. The van der Waals surface area contributed by atoms with Gasteiger partial charge in [-0.1, -0.05) is 6.07 Å². The minimum Gasteiger partial charge on any atom is -0.497 e. The summed E-state index contributed by atoms with van der Waals surface area (Å²) < 4.78 is 6.17. The molecule has 4 rings (SSSR count). The number of imide groups is 1. The van der Waals surface area contributed by atoms with Crippen LogP contribution in [0.15, 0.2) is 59.4 Å². The Hall–Kier alpha value is -4.40. The fraction of sp³-hybridized carbons (Fsp3) is 0.0476. The van der Waals surface area contributed by atoms with Gasteiger partial charge in [0.15, 0.2) is 0 Å². The SMILES string of the molecule is COc1ccc(NC(=O)c2cccc(-n3c(N)c4c(cc3=O)C(=O)NC4=O)c2)cc1. The molecule has 0 atom stereocenters. The number of pyridine rings is 1. The number of nitrogens with two attached hydrogens (primary N) is 1. The fourth-order valence-corrected chi connectivity index (χ4v) is 3.21. The van der Waals surface area contributed by atoms with E-state index in [0.29, 0.717) is 11.4 Å². The highest BCUT2D eigenvalue weighted by molar-refractivity contribution is 6.23. The number of fused-ring (bicyclic) bond motifs is 1. The molecule has 3 amide bonds. The molecule has 1 aromatic heterocycles. The number of nitrogens with one attached hydrogen (secondary N) is 2. The van der Waals surface area contributed by atoms with E-state index in [2.05, 4.69) is 10.6 Å².